The molecule has 2 N–H and O–H groups in total. The number of benzene rings is 1. The van der Waals surface area contributed by atoms with Crippen LogP contribution in [-0.4, -0.2) is 18.4 Å². The van der Waals surface area contributed by atoms with E-state index in [1.807, 2.05) is 24.3 Å². The van der Waals surface area contributed by atoms with Crippen LogP contribution in [0.1, 0.15) is 45.1 Å². The Morgan fingerprint density at radius 2 is 1.58 bits per heavy atom. The summed E-state index contributed by atoms with van der Waals surface area (Å²) in [4.78, 5) is 24.4. The van der Waals surface area contributed by atoms with E-state index in [1.54, 1.807) is 0 Å². The Labute approximate surface area is 149 Å². The summed E-state index contributed by atoms with van der Waals surface area (Å²) in [6, 6.07) is 7.52. The van der Waals surface area contributed by atoms with Crippen molar-refractivity contribution >= 4 is 23.4 Å². The number of carbonyl (C=O) groups excluding carboxylic acids is 2. The third-order valence-electron chi connectivity index (χ3n) is 4.56. The lowest BCUT2D eigenvalue weighted by molar-refractivity contribution is -0.130. The molecule has 0 aliphatic heterocycles. The maximum absolute atomic E-state index is 12.3. The number of hydrogen-bond donors (Lipinski definition) is 2. The van der Waals surface area contributed by atoms with Gasteiger partial charge in [0.05, 0.1) is 0 Å². The van der Waals surface area contributed by atoms with Crippen molar-refractivity contribution < 1.29 is 9.59 Å². The molecule has 1 aromatic rings. The monoisotopic (exact) mass is 350 g/mol. The van der Waals surface area contributed by atoms with Crippen LogP contribution in [-0.2, 0) is 16.1 Å². The summed E-state index contributed by atoms with van der Waals surface area (Å²) in [7, 11) is 0. The minimum atomic E-state index is 0.00152. The molecule has 0 aromatic heterocycles. The van der Waals surface area contributed by atoms with Crippen molar-refractivity contribution in [2.24, 2.45) is 17.8 Å². The molecule has 0 bridgehead atoms. The van der Waals surface area contributed by atoms with Gasteiger partial charge in [-0.15, -0.1) is 0 Å². The summed E-state index contributed by atoms with van der Waals surface area (Å²) < 4.78 is 0. The minimum Gasteiger partial charge on any atom is -0.356 e. The second-order valence-electron chi connectivity index (χ2n) is 7.00. The Bertz CT molecular complexity index is 566. The maximum Gasteiger partial charge on any atom is 0.223 e. The first kappa shape index (κ1) is 18.8. The van der Waals surface area contributed by atoms with Crippen molar-refractivity contribution in [3.05, 3.63) is 34.9 Å². The summed E-state index contributed by atoms with van der Waals surface area (Å²) in [6.07, 6.45) is 3.12. The van der Waals surface area contributed by atoms with E-state index < -0.39 is 0 Å². The zero-order valence-electron chi connectivity index (χ0n) is 14.5. The van der Waals surface area contributed by atoms with Crippen molar-refractivity contribution in [1.29, 1.82) is 0 Å². The van der Waals surface area contributed by atoms with Gasteiger partial charge < -0.3 is 10.6 Å². The van der Waals surface area contributed by atoms with Crippen LogP contribution >= 0.6 is 11.6 Å². The quantitative estimate of drug-likeness (QED) is 0.824. The Kier molecular flexibility index (Phi) is 7.10. The third kappa shape index (κ3) is 5.52. The fourth-order valence-electron chi connectivity index (χ4n) is 3.04. The first-order valence-corrected chi connectivity index (χ1v) is 9.14. The molecule has 1 aliphatic carbocycles. The van der Waals surface area contributed by atoms with Crippen LogP contribution in [0.2, 0.25) is 5.02 Å². The molecule has 0 spiro atoms. The van der Waals surface area contributed by atoms with Gasteiger partial charge in [-0.1, -0.05) is 43.6 Å². The highest BCUT2D eigenvalue weighted by Crippen LogP contribution is 2.29. The number of amides is 2. The molecule has 0 unspecified atom stereocenters. The van der Waals surface area contributed by atoms with Crippen LogP contribution < -0.4 is 10.6 Å². The first-order valence-electron chi connectivity index (χ1n) is 8.76. The summed E-state index contributed by atoms with van der Waals surface area (Å²) in [5, 5.41) is 6.63. The van der Waals surface area contributed by atoms with Gasteiger partial charge in [-0.05, 0) is 43.2 Å². The Balaban J connectivity index is 1.74. The second-order valence-corrected chi connectivity index (χ2v) is 7.40. The lowest BCUT2D eigenvalue weighted by Crippen LogP contribution is -2.38. The van der Waals surface area contributed by atoms with Crippen molar-refractivity contribution in [2.75, 3.05) is 6.54 Å². The summed E-state index contributed by atoms with van der Waals surface area (Å²) in [5.41, 5.74) is 0.925. The average molecular weight is 351 g/mol. The van der Waals surface area contributed by atoms with Crippen LogP contribution in [0, 0.1) is 17.8 Å². The van der Waals surface area contributed by atoms with E-state index in [-0.39, 0.29) is 23.7 Å². The number of rotatable bonds is 6. The van der Waals surface area contributed by atoms with Crippen LogP contribution in [0.15, 0.2) is 24.3 Å². The molecule has 1 aliphatic rings. The number of halogens is 1. The first-order chi connectivity index (χ1) is 11.5. The Hall–Kier alpha value is -1.55. The van der Waals surface area contributed by atoms with Gasteiger partial charge in [-0.2, -0.15) is 0 Å². The topological polar surface area (TPSA) is 58.2 Å². The molecule has 0 heterocycles. The van der Waals surface area contributed by atoms with E-state index in [2.05, 4.69) is 24.5 Å². The maximum atomic E-state index is 12.3. The second kappa shape index (κ2) is 9.07. The van der Waals surface area contributed by atoms with E-state index in [9.17, 15) is 9.59 Å². The summed E-state index contributed by atoms with van der Waals surface area (Å²) in [6.45, 7) is 5.34. The molecule has 1 saturated carbocycles. The van der Waals surface area contributed by atoms with Gasteiger partial charge in [0.2, 0.25) is 11.8 Å². The van der Waals surface area contributed by atoms with Crippen molar-refractivity contribution in [2.45, 2.75) is 46.1 Å². The highest BCUT2D eigenvalue weighted by atomic mass is 35.5. The van der Waals surface area contributed by atoms with Gasteiger partial charge in [-0.25, -0.2) is 0 Å². The van der Waals surface area contributed by atoms with Crippen molar-refractivity contribution in [3.8, 4) is 0 Å². The van der Waals surface area contributed by atoms with E-state index in [4.69, 9.17) is 11.6 Å². The third-order valence-corrected chi connectivity index (χ3v) is 4.93. The molecule has 0 saturated heterocycles. The van der Waals surface area contributed by atoms with Gasteiger partial charge in [0.25, 0.3) is 0 Å². The number of hydrogen-bond acceptors (Lipinski definition) is 2. The van der Waals surface area contributed by atoms with Gasteiger partial charge >= 0.3 is 0 Å². The van der Waals surface area contributed by atoms with Crippen molar-refractivity contribution in [3.63, 3.8) is 0 Å². The molecule has 1 fully saturated rings. The van der Waals surface area contributed by atoms with Crippen LogP contribution in [0.5, 0.6) is 0 Å². The predicted molar refractivity (Wildman–Crippen MR) is 96.6 cm³/mol. The molecule has 0 atom stereocenters. The number of carbonyl (C=O) groups is 2. The molecule has 132 valence electrons. The molecular formula is C19H27ClN2O2. The summed E-state index contributed by atoms with van der Waals surface area (Å²) in [5.74, 6) is 0.716. The molecule has 2 amide bonds. The molecule has 0 radical (unpaired) electrons. The van der Waals surface area contributed by atoms with E-state index in [0.29, 0.717) is 17.5 Å². The molecule has 24 heavy (non-hydrogen) atoms. The number of nitrogens with one attached hydrogen (secondary N) is 2. The van der Waals surface area contributed by atoms with E-state index >= 15 is 0 Å². The molecular weight excluding hydrogens is 324 g/mol. The highest BCUT2D eigenvalue weighted by molar-refractivity contribution is 6.31. The van der Waals surface area contributed by atoms with Gasteiger partial charge in [0, 0.05) is 29.9 Å². The molecule has 5 heteroatoms. The van der Waals surface area contributed by atoms with E-state index in [0.717, 1.165) is 37.8 Å². The minimum absolute atomic E-state index is 0.00152. The van der Waals surface area contributed by atoms with Gasteiger partial charge in [0.1, 0.15) is 0 Å². The Morgan fingerprint density at radius 3 is 2.12 bits per heavy atom. The lowest BCUT2D eigenvalue weighted by Gasteiger charge is -2.27. The molecule has 2 rings (SSSR count). The van der Waals surface area contributed by atoms with Crippen molar-refractivity contribution in [1.82, 2.24) is 10.6 Å². The lowest BCUT2D eigenvalue weighted by atomic mass is 9.81. The SMILES string of the molecule is CC(C)CNC(=O)C1CCC(C(=O)NCc2ccccc2Cl)CC1. The fraction of sp³-hybridized carbons (Fsp3) is 0.579. The summed E-state index contributed by atoms with van der Waals surface area (Å²) >= 11 is 6.10. The fourth-order valence-corrected chi connectivity index (χ4v) is 3.24. The van der Waals surface area contributed by atoms with E-state index in [1.165, 1.54) is 0 Å². The largest absolute Gasteiger partial charge is 0.356 e. The molecule has 1 aromatic carbocycles. The predicted octanol–water partition coefficient (Wildman–Crippen LogP) is 3.53. The average Bonchev–Trinajstić information content (AvgIpc) is 2.58. The smallest absolute Gasteiger partial charge is 0.223 e. The Morgan fingerprint density at radius 1 is 1.04 bits per heavy atom. The highest BCUT2D eigenvalue weighted by Gasteiger charge is 2.29. The van der Waals surface area contributed by atoms with Gasteiger partial charge in [0.15, 0.2) is 0 Å². The van der Waals surface area contributed by atoms with Crippen LogP contribution in [0.4, 0.5) is 0 Å². The van der Waals surface area contributed by atoms with Crippen LogP contribution in [0.3, 0.4) is 0 Å². The van der Waals surface area contributed by atoms with Gasteiger partial charge in [-0.3, -0.25) is 9.59 Å². The normalized spacial score (nSPS) is 20.7. The zero-order chi connectivity index (χ0) is 17.5. The van der Waals surface area contributed by atoms with Crippen LogP contribution in [0.25, 0.3) is 0 Å². The standard InChI is InChI=1S/C19H27ClN2O2/c1-13(2)11-21-18(23)14-7-9-15(10-8-14)19(24)22-12-16-5-3-4-6-17(16)20/h3-6,13-15H,7-12H2,1-2H3,(H,21,23)(H,22,24). The zero-order valence-corrected chi connectivity index (χ0v) is 15.2. The molecule has 4 nitrogen and oxygen atoms in total.